The minimum Gasteiger partial charge on any atom is -0.316 e. The largest absolute Gasteiger partial charge is 0.316 e. The van der Waals surface area contributed by atoms with Gasteiger partial charge in [-0.2, -0.15) is 0 Å². The van der Waals surface area contributed by atoms with Crippen LogP contribution in [0, 0.1) is 5.92 Å². The summed E-state index contributed by atoms with van der Waals surface area (Å²) >= 11 is 0. The average molecular weight is 246 g/mol. The molecule has 0 bridgehead atoms. The van der Waals surface area contributed by atoms with Crippen molar-refractivity contribution in [2.24, 2.45) is 5.92 Å². The van der Waals surface area contributed by atoms with Crippen molar-refractivity contribution >= 4 is 0 Å². The number of nitrogens with one attached hydrogen (secondary N) is 1. The van der Waals surface area contributed by atoms with Gasteiger partial charge in [0.1, 0.15) is 0 Å². The average Bonchev–Trinajstić information content (AvgIpc) is 3.14. The Bertz CT molecular complexity index is 369. The summed E-state index contributed by atoms with van der Waals surface area (Å²) in [6.45, 7) is 7.93. The Morgan fingerprint density at radius 2 is 1.89 bits per heavy atom. The van der Waals surface area contributed by atoms with E-state index in [1.165, 1.54) is 30.5 Å². The van der Waals surface area contributed by atoms with E-state index in [0.717, 1.165) is 25.0 Å². The van der Waals surface area contributed by atoms with Crippen LogP contribution in [-0.2, 0) is 13.1 Å². The molecule has 0 atom stereocenters. The standard InChI is InChI=1S/C16H26N2/c1-13(2)11-18(16-8-9-16)12-15-7-5-4-6-14(15)10-17-3/h4-7,13,16-17H,8-12H2,1-3H3. The van der Waals surface area contributed by atoms with E-state index in [-0.39, 0.29) is 0 Å². The summed E-state index contributed by atoms with van der Waals surface area (Å²) in [5.74, 6) is 0.752. The van der Waals surface area contributed by atoms with Crippen molar-refractivity contribution in [1.29, 1.82) is 0 Å². The summed E-state index contributed by atoms with van der Waals surface area (Å²) in [5, 5.41) is 3.26. The van der Waals surface area contributed by atoms with E-state index in [2.05, 4.69) is 48.3 Å². The van der Waals surface area contributed by atoms with Gasteiger partial charge in [-0.25, -0.2) is 0 Å². The molecule has 0 aliphatic heterocycles. The fraction of sp³-hybridized carbons (Fsp3) is 0.625. The van der Waals surface area contributed by atoms with Gasteiger partial charge in [-0.05, 0) is 36.9 Å². The highest BCUT2D eigenvalue weighted by Crippen LogP contribution is 2.29. The van der Waals surface area contributed by atoms with Gasteiger partial charge in [0.15, 0.2) is 0 Å². The van der Waals surface area contributed by atoms with E-state index in [4.69, 9.17) is 0 Å². The predicted molar refractivity (Wildman–Crippen MR) is 77.5 cm³/mol. The van der Waals surface area contributed by atoms with Crippen LogP contribution in [0.25, 0.3) is 0 Å². The van der Waals surface area contributed by atoms with Gasteiger partial charge in [0.05, 0.1) is 0 Å². The van der Waals surface area contributed by atoms with Gasteiger partial charge in [-0.15, -0.1) is 0 Å². The van der Waals surface area contributed by atoms with Crippen molar-refractivity contribution in [3.63, 3.8) is 0 Å². The quantitative estimate of drug-likeness (QED) is 0.795. The lowest BCUT2D eigenvalue weighted by atomic mass is 10.1. The maximum Gasteiger partial charge on any atom is 0.0240 e. The monoisotopic (exact) mass is 246 g/mol. The molecule has 100 valence electrons. The molecule has 1 aliphatic rings. The lowest BCUT2D eigenvalue weighted by molar-refractivity contribution is 0.225. The number of hydrogen-bond donors (Lipinski definition) is 1. The minimum absolute atomic E-state index is 0.752. The summed E-state index contributed by atoms with van der Waals surface area (Å²) in [5.41, 5.74) is 2.92. The zero-order valence-corrected chi connectivity index (χ0v) is 11.9. The molecule has 1 fully saturated rings. The van der Waals surface area contributed by atoms with E-state index in [1.54, 1.807) is 0 Å². The third-order valence-corrected chi connectivity index (χ3v) is 3.52. The first-order valence-corrected chi connectivity index (χ1v) is 7.16. The van der Waals surface area contributed by atoms with Gasteiger partial charge in [-0.1, -0.05) is 38.1 Å². The smallest absolute Gasteiger partial charge is 0.0240 e. The number of nitrogens with zero attached hydrogens (tertiary/aromatic N) is 1. The third kappa shape index (κ3) is 3.82. The first kappa shape index (κ1) is 13.6. The molecule has 0 amide bonds. The number of benzene rings is 1. The van der Waals surface area contributed by atoms with Crippen LogP contribution in [-0.4, -0.2) is 24.5 Å². The van der Waals surface area contributed by atoms with Crippen molar-refractivity contribution in [2.75, 3.05) is 13.6 Å². The van der Waals surface area contributed by atoms with Crippen LogP contribution in [0.5, 0.6) is 0 Å². The molecule has 0 saturated heterocycles. The van der Waals surface area contributed by atoms with E-state index in [1.807, 2.05) is 7.05 Å². The molecule has 0 unspecified atom stereocenters. The molecule has 2 heteroatoms. The zero-order valence-electron chi connectivity index (χ0n) is 11.9. The van der Waals surface area contributed by atoms with E-state index in [0.29, 0.717) is 0 Å². The number of rotatable bonds is 7. The van der Waals surface area contributed by atoms with Crippen LogP contribution in [0.4, 0.5) is 0 Å². The highest BCUT2D eigenvalue weighted by Gasteiger charge is 2.29. The Kier molecular flexibility index (Phi) is 4.79. The normalized spacial score (nSPS) is 15.6. The van der Waals surface area contributed by atoms with Crippen LogP contribution in [0.2, 0.25) is 0 Å². The lowest BCUT2D eigenvalue weighted by Crippen LogP contribution is -2.30. The molecule has 0 aromatic heterocycles. The lowest BCUT2D eigenvalue weighted by Gasteiger charge is -2.25. The van der Waals surface area contributed by atoms with Crippen molar-refractivity contribution in [3.05, 3.63) is 35.4 Å². The van der Waals surface area contributed by atoms with E-state index in [9.17, 15) is 0 Å². The molecular formula is C16H26N2. The Morgan fingerprint density at radius 3 is 2.44 bits per heavy atom. The highest BCUT2D eigenvalue weighted by molar-refractivity contribution is 5.27. The molecule has 1 saturated carbocycles. The second-order valence-corrected chi connectivity index (χ2v) is 5.85. The van der Waals surface area contributed by atoms with Gasteiger partial charge in [0.25, 0.3) is 0 Å². The SMILES string of the molecule is CNCc1ccccc1CN(CC(C)C)C1CC1. The molecule has 2 nitrogen and oxygen atoms in total. The molecule has 0 radical (unpaired) electrons. The van der Waals surface area contributed by atoms with Gasteiger partial charge in [-0.3, -0.25) is 4.90 Å². The fourth-order valence-corrected chi connectivity index (χ4v) is 2.54. The minimum atomic E-state index is 0.752. The first-order valence-electron chi connectivity index (χ1n) is 7.16. The van der Waals surface area contributed by atoms with Crippen LogP contribution in [0.15, 0.2) is 24.3 Å². The molecule has 1 aliphatic carbocycles. The molecule has 1 aromatic carbocycles. The van der Waals surface area contributed by atoms with Crippen molar-refractivity contribution in [2.45, 2.75) is 45.8 Å². The highest BCUT2D eigenvalue weighted by atomic mass is 15.2. The molecule has 2 rings (SSSR count). The van der Waals surface area contributed by atoms with Crippen LogP contribution >= 0.6 is 0 Å². The maximum atomic E-state index is 3.26. The summed E-state index contributed by atoms with van der Waals surface area (Å²) in [4.78, 5) is 2.67. The fourth-order valence-electron chi connectivity index (χ4n) is 2.54. The van der Waals surface area contributed by atoms with Crippen LogP contribution < -0.4 is 5.32 Å². The predicted octanol–water partition coefficient (Wildman–Crippen LogP) is 3.03. The second-order valence-electron chi connectivity index (χ2n) is 5.85. The Morgan fingerprint density at radius 1 is 1.22 bits per heavy atom. The van der Waals surface area contributed by atoms with Crippen molar-refractivity contribution < 1.29 is 0 Å². The maximum absolute atomic E-state index is 3.26. The molecule has 1 N–H and O–H groups in total. The summed E-state index contributed by atoms with van der Waals surface area (Å²) in [6, 6.07) is 9.67. The molecule has 18 heavy (non-hydrogen) atoms. The Hall–Kier alpha value is -0.860. The van der Waals surface area contributed by atoms with E-state index >= 15 is 0 Å². The molecular weight excluding hydrogens is 220 g/mol. The number of hydrogen-bond acceptors (Lipinski definition) is 2. The van der Waals surface area contributed by atoms with Crippen molar-refractivity contribution in [1.82, 2.24) is 10.2 Å². The van der Waals surface area contributed by atoms with Gasteiger partial charge in [0.2, 0.25) is 0 Å². The van der Waals surface area contributed by atoms with Gasteiger partial charge >= 0.3 is 0 Å². The zero-order chi connectivity index (χ0) is 13.0. The van der Waals surface area contributed by atoms with Crippen LogP contribution in [0.1, 0.15) is 37.8 Å². The molecule has 0 spiro atoms. The molecule has 0 heterocycles. The van der Waals surface area contributed by atoms with Gasteiger partial charge in [0, 0.05) is 25.7 Å². The van der Waals surface area contributed by atoms with Crippen molar-refractivity contribution in [3.8, 4) is 0 Å². The third-order valence-electron chi connectivity index (χ3n) is 3.52. The second kappa shape index (κ2) is 6.35. The summed E-state index contributed by atoms with van der Waals surface area (Å²) in [7, 11) is 2.02. The van der Waals surface area contributed by atoms with Crippen LogP contribution in [0.3, 0.4) is 0 Å². The summed E-state index contributed by atoms with van der Waals surface area (Å²) < 4.78 is 0. The van der Waals surface area contributed by atoms with Gasteiger partial charge < -0.3 is 5.32 Å². The molecule has 1 aromatic rings. The Labute approximate surface area is 111 Å². The summed E-state index contributed by atoms with van der Waals surface area (Å²) in [6.07, 6.45) is 2.78. The first-order chi connectivity index (χ1) is 8.70. The Balaban J connectivity index is 2.05. The topological polar surface area (TPSA) is 15.3 Å². The van der Waals surface area contributed by atoms with E-state index < -0.39 is 0 Å².